The molecule has 3 rings (SSSR count). The second-order valence-electron chi connectivity index (χ2n) is 6.82. The van der Waals surface area contributed by atoms with Crippen LogP contribution < -0.4 is 16.8 Å². The quantitative estimate of drug-likeness (QED) is 0.357. The third kappa shape index (κ3) is 4.84. The third-order valence-corrected chi connectivity index (χ3v) is 4.84. The molecule has 0 aliphatic rings. The van der Waals surface area contributed by atoms with Crippen molar-refractivity contribution in [3.63, 3.8) is 0 Å². The number of anilines is 3. The van der Waals surface area contributed by atoms with Crippen LogP contribution >= 0.6 is 0 Å². The summed E-state index contributed by atoms with van der Waals surface area (Å²) in [4.78, 5) is 35.6. The maximum Gasteiger partial charge on any atom is 0.314 e. The van der Waals surface area contributed by atoms with Crippen LogP contribution in [0.5, 0.6) is 0 Å². The zero-order chi connectivity index (χ0) is 22.4. The predicted molar refractivity (Wildman–Crippen MR) is 119 cm³/mol. The molecule has 2 heterocycles. The van der Waals surface area contributed by atoms with E-state index in [9.17, 15) is 9.59 Å². The Bertz CT molecular complexity index is 1090. The Hall–Kier alpha value is -4.27. The van der Waals surface area contributed by atoms with E-state index in [0.717, 1.165) is 11.8 Å². The smallest absolute Gasteiger partial charge is 0.314 e. The van der Waals surface area contributed by atoms with Crippen molar-refractivity contribution < 1.29 is 9.59 Å². The molecule has 1 atom stereocenters. The summed E-state index contributed by atoms with van der Waals surface area (Å²) in [5.41, 5.74) is 13.5. The Morgan fingerprint density at radius 1 is 1.13 bits per heavy atom. The molecule has 9 nitrogen and oxygen atoms in total. The van der Waals surface area contributed by atoms with E-state index < -0.39 is 11.8 Å². The summed E-state index contributed by atoms with van der Waals surface area (Å²) in [5.74, 6) is -1.58. The summed E-state index contributed by atoms with van der Waals surface area (Å²) in [7, 11) is 0. The SMILES string of the molecule is CC(c1ccccc1)N(Cc1ccccn1)C(=O)C(=O)Nc1cnc(N)c(C=N)c1N. The Labute approximate surface area is 179 Å². The van der Waals surface area contributed by atoms with Crippen molar-refractivity contribution in [1.82, 2.24) is 14.9 Å². The highest BCUT2D eigenvalue weighted by Crippen LogP contribution is 2.26. The number of nitrogens with one attached hydrogen (secondary N) is 2. The van der Waals surface area contributed by atoms with Gasteiger partial charge in [0.1, 0.15) is 5.82 Å². The molecule has 1 unspecified atom stereocenters. The van der Waals surface area contributed by atoms with Crippen LogP contribution in [0.25, 0.3) is 0 Å². The number of pyridine rings is 2. The fourth-order valence-electron chi connectivity index (χ4n) is 3.08. The molecule has 0 fully saturated rings. The molecule has 0 radical (unpaired) electrons. The average Bonchev–Trinajstić information content (AvgIpc) is 2.80. The van der Waals surface area contributed by atoms with Gasteiger partial charge in [0, 0.05) is 12.4 Å². The zero-order valence-corrected chi connectivity index (χ0v) is 16.9. The van der Waals surface area contributed by atoms with Gasteiger partial charge in [-0.1, -0.05) is 36.4 Å². The minimum absolute atomic E-state index is 0.0614. The molecule has 0 bridgehead atoms. The Morgan fingerprint density at radius 3 is 2.48 bits per heavy atom. The zero-order valence-electron chi connectivity index (χ0n) is 16.9. The van der Waals surface area contributed by atoms with E-state index in [0.29, 0.717) is 5.69 Å². The van der Waals surface area contributed by atoms with E-state index in [2.05, 4.69) is 15.3 Å². The third-order valence-electron chi connectivity index (χ3n) is 4.84. The van der Waals surface area contributed by atoms with Crippen LogP contribution in [-0.4, -0.2) is 32.9 Å². The minimum atomic E-state index is -0.882. The lowest BCUT2D eigenvalue weighted by atomic mass is 10.1. The largest absolute Gasteiger partial charge is 0.396 e. The standard InChI is InChI=1S/C22H23N7O2/c1-14(15-7-3-2-4-8-15)29(13-16-9-5-6-10-26-16)22(31)21(30)28-18-12-27-20(25)17(11-23)19(18)24/h2-12,14,23H,13H2,1H3,(H,28,30)(H4,24,25,27). The number of nitrogen functional groups attached to an aromatic ring is 2. The number of nitrogens with zero attached hydrogens (tertiary/aromatic N) is 3. The maximum atomic E-state index is 13.2. The van der Waals surface area contributed by atoms with Gasteiger partial charge in [-0.15, -0.1) is 0 Å². The maximum absolute atomic E-state index is 13.2. The van der Waals surface area contributed by atoms with Gasteiger partial charge in [0.05, 0.1) is 41.4 Å². The number of hydrogen-bond acceptors (Lipinski definition) is 7. The molecular weight excluding hydrogens is 394 g/mol. The number of aromatic nitrogens is 2. The molecule has 1 aromatic carbocycles. The van der Waals surface area contributed by atoms with Gasteiger partial charge in [0.25, 0.3) is 0 Å². The summed E-state index contributed by atoms with van der Waals surface area (Å²) >= 11 is 0. The molecule has 9 heteroatoms. The molecular formula is C22H23N7O2. The number of benzene rings is 1. The Morgan fingerprint density at radius 2 is 1.84 bits per heavy atom. The van der Waals surface area contributed by atoms with Gasteiger partial charge in [-0.3, -0.25) is 14.6 Å². The van der Waals surface area contributed by atoms with Crippen molar-refractivity contribution in [1.29, 1.82) is 5.41 Å². The molecule has 0 saturated heterocycles. The second-order valence-corrected chi connectivity index (χ2v) is 6.82. The van der Waals surface area contributed by atoms with Crippen LogP contribution in [0.1, 0.15) is 29.8 Å². The van der Waals surface area contributed by atoms with E-state index in [4.69, 9.17) is 16.9 Å². The van der Waals surface area contributed by atoms with E-state index in [1.807, 2.05) is 43.3 Å². The van der Waals surface area contributed by atoms with Crippen LogP contribution in [0.4, 0.5) is 17.2 Å². The Balaban J connectivity index is 1.88. The van der Waals surface area contributed by atoms with Crippen LogP contribution in [0, 0.1) is 5.41 Å². The summed E-state index contributed by atoms with van der Waals surface area (Å²) in [6.07, 6.45) is 3.83. The number of nitrogens with two attached hydrogens (primary N) is 2. The van der Waals surface area contributed by atoms with Gasteiger partial charge in [-0.05, 0) is 24.6 Å². The normalized spacial score (nSPS) is 11.4. The first-order chi connectivity index (χ1) is 14.9. The molecule has 0 aliphatic heterocycles. The molecule has 3 aromatic rings. The number of carbonyl (C=O) groups excluding carboxylic acids is 2. The summed E-state index contributed by atoms with van der Waals surface area (Å²) < 4.78 is 0. The number of carbonyl (C=O) groups is 2. The number of amides is 2. The summed E-state index contributed by atoms with van der Waals surface area (Å²) in [6.45, 7) is 1.99. The van der Waals surface area contributed by atoms with E-state index in [1.165, 1.54) is 11.1 Å². The fourth-order valence-corrected chi connectivity index (χ4v) is 3.08. The highest BCUT2D eigenvalue weighted by Gasteiger charge is 2.28. The van der Waals surface area contributed by atoms with Crippen LogP contribution in [-0.2, 0) is 16.1 Å². The number of rotatable bonds is 6. The van der Waals surface area contributed by atoms with Gasteiger partial charge in [0.2, 0.25) is 0 Å². The first kappa shape index (κ1) is 21.4. The fraction of sp³-hybridized carbons (Fsp3) is 0.136. The Kier molecular flexibility index (Phi) is 6.56. The molecule has 31 heavy (non-hydrogen) atoms. The van der Waals surface area contributed by atoms with Gasteiger partial charge >= 0.3 is 11.8 Å². The molecule has 0 saturated carbocycles. The monoisotopic (exact) mass is 417 g/mol. The van der Waals surface area contributed by atoms with Gasteiger partial charge < -0.3 is 27.1 Å². The molecule has 6 N–H and O–H groups in total. The molecule has 2 aromatic heterocycles. The predicted octanol–water partition coefficient (Wildman–Crippen LogP) is 2.37. The van der Waals surface area contributed by atoms with Crippen LogP contribution in [0.15, 0.2) is 60.9 Å². The highest BCUT2D eigenvalue weighted by molar-refractivity contribution is 6.40. The van der Waals surface area contributed by atoms with Crippen molar-refractivity contribution in [3.8, 4) is 0 Å². The van der Waals surface area contributed by atoms with E-state index in [1.54, 1.807) is 18.3 Å². The molecule has 2 amide bonds. The highest BCUT2D eigenvalue weighted by atomic mass is 16.2. The van der Waals surface area contributed by atoms with Gasteiger partial charge in [-0.2, -0.15) is 0 Å². The topological polar surface area (TPSA) is 151 Å². The summed E-state index contributed by atoms with van der Waals surface area (Å²) in [5, 5.41) is 9.90. The van der Waals surface area contributed by atoms with Gasteiger partial charge in [0.15, 0.2) is 0 Å². The second kappa shape index (κ2) is 9.49. The molecule has 0 spiro atoms. The minimum Gasteiger partial charge on any atom is -0.396 e. The first-order valence-electron chi connectivity index (χ1n) is 9.53. The van der Waals surface area contributed by atoms with Gasteiger partial charge in [-0.25, -0.2) is 4.98 Å². The van der Waals surface area contributed by atoms with Crippen molar-refractivity contribution in [3.05, 3.63) is 77.7 Å². The van der Waals surface area contributed by atoms with Crippen molar-refractivity contribution in [2.75, 3.05) is 16.8 Å². The van der Waals surface area contributed by atoms with Crippen molar-refractivity contribution in [2.45, 2.75) is 19.5 Å². The van der Waals surface area contributed by atoms with Crippen LogP contribution in [0.3, 0.4) is 0 Å². The summed E-state index contributed by atoms with van der Waals surface area (Å²) in [6, 6.07) is 14.4. The lowest BCUT2D eigenvalue weighted by molar-refractivity contribution is -0.145. The average molecular weight is 417 g/mol. The van der Waals surface area contributed by atoms with Crippen molar-refractivity contribution in [2.24, 2.45) is 0 Å². The van der Waals surface area contributed by atoms with Crippen molar-refractivity contribution >= 4 is 35.2 Å². The number of hydrogen-bond donors (Lipinski definition) is 4. The van der Waals surface area contributed by atoms with Crippen LogP contribution in [0.2, 0.25) is 0 Å². The lowest BCUT2D eigenvalue weighted by Gasteiger charge is -2.29. The first-order valence-corrected chi connectivity index (χ1v) is 9.53. The van der Waals surface area contributed by atoms with E-state index >= 15 is 0 Å². The van der Waals surface area contributed by atoms with E-state index in [-0.39, 0.29) is 35.3 Å². The molecule has 158 valence electrons. The molecule has 0 aliphatic carbocycles. The lowest BCUT2D eigenvalue weighted by Crippen LogP contribution is -2.41.